The molecular formula is C25H34ClF3N2O. The second-order valence-electron chi connectivity index (χ2n) is 8.23. The Morgan fingerprint density at radius 1 is 0.938 bits per heavy atom. The van der Waals surface area contributed by atoms with Gasteiger partial charge in [-0.25, -0.2) is 0 Å². The fourth-order valence-electron chi connectivity index (χ4n) is 4.14. The second-order valence-corrected chi connectivity index (χ2v) is 8.23. The Balaban J connectivity index is 0.00000363. The van der Waals surface area contributed by atoms with Gasteiger partial charge in [0.15, 0.2) is 0 Å². The van der Waals surface area contributed by atoms with E-state index in [-0.39, 0.29) is 12.4 Å². The number of hydrogen-bond donors (Lipinski definition) is 0. The zero-order valence-electron chi connectivity index (χ0n) is 19.0. The normalized spacial score (nSPS) is 14.8. The summed E-state index contributed by atoms with van der Waals surface area (Å²) < 4.78 is 44.5. The lowest BCUT2D eigenvalue weighted by atomic mass is 10.0. The monoisotopic (exact) mass is 470 g/mol. The van der Waals surface area contributed by atoms with Crippen molar-refractivity contribution in [3.8, 4) is 5.75 Å². The molecule has 2 aromatic carbocycles. The van der Waals surface area contributed by atoms with E-state index in [9.17, 15) is 13.2 Å². The standard InChI is InChI=1S/C25H33F3N2O.ClH/c1-3-4-5-7-21-18-20(10-11-24(21)31-2)12-13-29-14-16-30(17-15-29)23-9-6-8-22(19-23)25(26,27)28;/h6,8-11,18-19H,3-5,7,12-17H2,1-2H3;1H. The molecule has 0 amide bonds. The third kappa shape index (κ3) is 7.31. The van der Waals surface area contributed by atoms with Gasteiger partial charge in [-0.3, -0.25) is 4.90 Å². The van der Waals surface area contributed by atoms with Gasteiger partial charge in [0.1, 0.15) is 5.75 Å². The summed E-state index contributed by atoms with van der Waals surface area (Å²) in [4.78, 5) is 4.44. The number of piperazine rings is 1. The average molecular weight is 471 g/mol. The molecule has 3 nitrogen and oxygen atoms in total. The van der Waals surface area contributed by atoms with Crippen LogP contribution in [0.2, 0.25) is 0 Å². The zero-order valence-corrected chi connectivity index (χ0v) is 19.8. The van der Waals surface area contributed by atoms with Gasteiger partial charge in [0, 0.05) is 38.4 Å². The fourth-order valence-corrected chi connectivity index (χ4v) is 4.14. The van der Waals surface area contributed by atoms with Crippen molar-refractivity contribution in [3.63, 3.8) is 0 Å². The van der Waals surface area contributed by atoms with Crippen LogP contribution in [-0.4, -0.2) is 44.7 Å². The van der Waals surface area contributed by atoms with Gasteiger partial charge in [0.25, 0.3) is 0 Å². The van der Waals surface area contributed by atoms with Gasteiger partial charge in [-0.15, -0.1) is 12.4 Å². The minimum absolute atomic E-state index is 0. The smallest absolute Gasteiger partial charge is 0.416 e. The molecule has 0 radical (unpaired) electrons. The van der Waals surface area contributed by atoms with Crippen LogP contribution in [0.5, 0.6) is 5.75 Å². The van der Waals surface area contributed by atoms with Gasteiger partial charge in [-0.05, 0) is 54.7 Å². The molecule has 0 atom stereocenters. The number of ether oxygens (including phenoxy) is 1. The second kappa shape index (κ2) is 12.4. The molecular weight excluding hydrogens is 437 g/mol. The lowest BCUT2D eigenvalue weighted by molar-refractivity contribution is -0.137. The average Bonchev–Trinajstić information content (AvgIpc) is 2.78. The summed E-state index contributed by atoms with van der Waals surface area (Å²) in [6.07, 6.45) is 1.31. The largest absolute Gasteiger partial charge is 0.496 e. The maximum absolute atomic E-state index is 13.0. The summed E-state index contributed by atoms with van der Waals surface area (Å²) in [6.45, 7) is 6.36. The molecule has 2 aromatic rings. The lowest BCUT2D eigenvalue weighted by Gasteiger charge is -2.36. The Kier molecular flexibility index (Phi) is 10.2. The van der Waals surface area contributed by atoms with E-state index in [0.29, 0.717) is 5.69 Å². The quantitative estimate of drug-likeness (QED) is 0.404. The van der Waals surface area contributed by atoms with E-state index in [0.717, 1.165) is 57.4 Å². The van der Waals surface area contributed by atoms with Crippen molar-refractivity contribution in [2.75, 3.05) is 44.7 Å². The van der Waals surface area contributed by atoms with Crippen molar-refractivity contribution in [2.24, 2.45) is 0 Å². The van der Waals surface area contributed by atoms with Crippen molar-refractivity contribution in [2.45, 2.75) is 45.2 Å². The van der Waals surface area contributed by atoms with Crippen LogP contribution >= 0.6 is 12.4 Å². The van der Waals surface area contributed by atoms with E-state index < -0.39 is 11.7 Å². The first kappa shape index (κ1) is 26.3. The number of halogens is 4. The van der Waals surface area contributed by atoms with E-state index in [1.165, 1.54) is 42.5 Å². The predicted octanol–water partition coefficient (Wildman–Crippen LogP) is 6.23. The van der Waals surface area contributed by atoms with Crippen LogP contribution in [0.1, 0.15) is 42.9 Å². The summed E-state index contributed by atoms with van der Waals surface area (Å²) in [5.41, 5.74) is 2.67. The third-order valence-corrected chi connectivity index (χ3v) is 6.02. The molecule has 1 saturated heterocycles. The summed E-state index contributed by atoms with van der Waals surface area (Å²) in [5.74, 6) is 0.967. The van der Waals surface area contributed by atoms with Gasteiger partial charge in [0.2, 0.25) is 0 Å². The lowest BCUT2D eigenvalue weighted by Crippen LogP contribution is -2.47. The van der Waals surface area contributed by atoms with Gasteiger partial charge >= 0.3 is 6.18 Å². The summed E-state index contributed by atoms with van der Waals surface area (Å²) in [7, 11) is 1.72. The number of aryl methyl sites for hydroxylation is 1. The Labute approximate surface area is 196 Å². The molecule has 1 aliphatic rings. The van der Waals surface area contributed by atoms with Crippen LogP contribution < -0.4 is 9.64 Å². The minimum atomic E-state index is -4.30. The number of anilines is 1. The number of nitrogens with zero attached hydrogens (tertiary/aromatic N) is 2. The number of methoxy groups -OCH3 is 1. The number of benzene rings is 2. The molecule has 0 N–H and O–H groups in total. The van der Waals surface area contributed by atoms with E-state index in [1.54, 1.807) is 13.2 Å². The van der Waals surface area contributed by atoms with Crippen LogP contribution in [0.4, 0.5) is 18.9 Å². The molecule has 0 aromatic heterocycles. The van der Waals surface area contributed by atoms with Gasteiger partial charge in [-0.1, -0.05) is 38.0 Å². The van der Waals surface area contributed by atoms with Crippen LogP contribution in [0, 0.1) is 0 Å². The molecule has 1 fully saturated rings. The molecule has 0 spiro atoms. The van der Waals surface area contributed by atoms with Gasteiger partial charge in [0.05, 0.1) is 12.7 Å². The third-order valence-electron chi connectivity index (χ3n) is 6.02. The Morgan fingerprint density at radius 3 is 2.34 bits per heavy atom. The Morgan fingerprint density at radius 2 is 1.69 bits per heavy atom. The summed E-state index contributed by atoms with van der Waals surface area (Å²) in [5, 5.41) is 0. The molecule has 1 aliphatic heterocycles. The molecule has 0 unspecified atom stereocenters. The van der Waals surface area contributed by atoms with E-state index >= 15 is 0 Å². The first-order valence-electron chi connectivity index (χ1n) is 11.2. The van der Waals surface area contributed by atoms with E-state index in [1.807, 2.05) is 4.90 Å². The predicted molar refractivity (Wildman–Crippen MR) is 127 cm³/mol. The summed E-state index contributed by atoms with van der Waals surface area (Å²) in [6, 6.07) is 12.1. The highest BCUT2D eigenvalue weighted by atomic mass is 35.5. The molecule has 0 aliphatic carbocycles. The van der Waals surface area contributed by atoms with Crippen molar-refractivity contribution in [1.29, 1.82) is 0 Å². The molecule has 0 bridgehead atoms. The molecule has 0 saturated carbocycles. The number of alkyl halides is 3. The van der Waals surface area contributed by atoms with Crippen LogP contribution in [0.25, 0.3) is 0 Å². The highest BCUT2D eigenvalue weighted by Gasteiger charge is 2.31. The van der Waals surface area contributed by atoms with Crippen LogP contribution in [0.3, 0.4) is 0 Å². The van der Waals surface area contributed by atoms with Gasteiger partial charge < -0.3 is 9.64 Å². The highest BCUT2D eigenvalue weighted by Crippen LogP contribution is 2.32. The van der Waals surface area contributed by atoms with Crippen LogP contribution in [-0.2, 0) is 19.0 Å². The molecule has 7 heteroatoms. The maximum atomic E-state index is 13.0. The van der Waals surface area contributed by atoms with Crippen molar-refractivity contribution in [1.82, 2.24) is 4.90 Å². The first-order valence-corrected chi connectivity index (χ1v) is 11.2. The number of hydrogen-bond acceptors (Lipinski definition) is 3. The maximum Gasteiger partial charge on any atom is 0.416 e. The van der Waals surface area contributed by atoms with Crippen molar-refractivity contribution in [3.05, 3.63) is 59.2 Å². The molecule has 3 rings (SSSR count). The molecule has 32 heavy (non-hydrogen) atoms. The Bertz CT molecular complexity index is 836. The topological polar surface area (TPSA) is 15.7 Å². The summed E-state index contributed by atoms with van der Waals surface area (Å²) >= 11 is 0. The van der Waals surface area contributed by atoms with Crippen molar-refractivity contribution < 1.29 is 17.9 Å². The zero-order chi connectivity index (χ0) is 22.3. The molecule has 1 heterocycles. The number of rotatable bonds is 9. The minimum Gasteiger partial charge on any atom is -0.496 e. The van der Waals surface area contributed by atoms with E-state index in [2.05, 4.69) is 30.0 Å². The SMILES string of the molecule is CCCCCc1cc(CCN2CCN(c3cccc(C(F)(F)F)c3)CC2)ccc1OC.Cl. The van der Waals surface area contributed by atoms with Crippen molar-refractivity contribution >= 4 is 18.1 Å². The molecule has 178 valence electrons. The highest BCUT2D eigenvalue weighted by molar-refractivity contribution is 5.85. The fraction of sp³-hybridized carbons (Fsp3) is 0.520. The Hall–Kier alpha value is -1.92. The van der Waals surface area contributed by atoms with E-state index in [4.69, 9.17) is 4.74 Å². The number of unbranched alkanes of at least 4 members (excludes halogenated alkanes) is 2. The van der Waals surface area contributed by atoms with Crippen LogP contribution in [0.15, 0.2) is 42.5 Å². The van der Waals surface area contributed by atoms with Gasteiger partial charge in [-0.2, -0.15) is 13.2 Å². The first-order chi connectivity index (χ1) is 14.9.